The molecule has 3 heterocycles. The Bertz CT molecular complexity index is 948. The van der Waals surface area contributed by atoms with Crippen molar-refractivity contribution in [1.82, 2.24) is 15.2 Å². The number of hydrogen-bond acceptors (Lipinski definition) is 6. The molecule has 8 heteroatoms. The highest BCUT2D eigenvalue weighted by Gasteiger charge is 2.34. The zero-order chi connectivity index (χ0) is 23.0. The molecule has 1 aromatic heterocycles. The fourth-order valence-electron chi connectivity index (χ4n) is 4.73. The van der Waals surface area contributed by atoms with Crippen molar-refractivity contribution in [3.63, 3.8) is 0 Å². The van der Waals surface area contributed by atoms with Crippen LogP contribution in [-0.4, -0.2) is 47.9 Å². The summed E-state index contributed by atoms with van der Waals surface area (Å²) in [5.74, 6) is 0.0132. The summed E-state index contributed by atoms with van der Waals surface area (Å²) in [6, 6.07) is 12.5. The number of benzene rings is 1. The van der Waals surface area contributed by atoms with Crippen molar-refractivity contribution in [2.45, 2.75) is 44.6 Å². The Morgan fingerprint density at radius 1 is 1.18 bits per heavy atom. The summed E-state index contributed by atoms with van der Waals surface area (Å²) in [5, 5.41) is 6.39. The van der Waals surface area contributed by atoms with E-state index in [1.807, 2.05) is 23.1 Å². The highest BCUT2D eigenvalue weighted by Crippen LogP contribution is 2.28. The number of piperidine rings is 1. The third kappa shape index (κ3) is 5.87. The summed E-state index contributed by atoms with van der Waals surface area (Å²) in [4.78, 5) is 34.8. The summed E-state index contributed by atoms with van der Waals surface area (Å²) >= 11 is 0. The lowest BCUT2D eigenvalue weighted by Gasteiger charge is -2.35. The number of halogens is 1. The molecular formula is C25H31FN4O3. The molecule has 0 aliphatic carbocycles. The molecule has 33 heavy (non-hydrogen) atoms. The Balaban J connectivity index is 1.22. The first-order chi connectivity index (χ1) is 16.2. The minimum absolute atomic E-state index is 0.0408. The Labute approximate surface area is 193 Å². The number of amides is 1. The van der Waals surface area contributed by atoms with Crippen LogP contribution in [-0.2, 0) is 27.4 Å². The number of fused-ring (bicyclic) bond motifs is 1. The van der Waals surface area contributed by atoms with Crippen LogP contribution in [0.25, 0.3) is 0 Å². The first-order valence-electron chi connectivity index (χ1n) is 11.8. The third-order valence-electron chi connectivity index (χ3n) is 6.54. The van der Waals surface area contributed by atoms with E-state index in [1.54, 1.807) is 12.1 Å². The number of carbonyl (C=O) groups excluding carboxylic acids is 2. The number of nitrogens with zero attached hydrogens (tertiary/aromatic N) is 2. The van der Waals surface area contributed by atoms with Gasteiger partial charge < -0.3 is 10.6 Å². The van der Waals surface area contributed by atoms with E-state index in [-0.39, 0.29) is 11.8 Å². The lowest BCUT2D eigenvalue weighted by atomic mass is 9.93. The van der Waals surface area contributed by atoms with E-state index < -0.39 is 12.0 Å². The molecule has 0 saturated carbocycles. The molecule has 1 amide bonds. The van der Waals surface area contributed by atoms with Gasteiger partial charge in [-0.25, -0.2) is 9.78 Å². The number of pyridine rings is 1. The maximum absolute atomic E-state index is 12.7. The third-order valence-corrected chi connectivity index (χ3v) is 6.54. The van der Waals surface area contributed by atoms with Crippen molar-refractivity contribution in [2.24, 2.45) is 5.92 Å². The van der Waals surface area contributed by atoms with E-state index in [4.69, 9.17) is 4.98 Å². The number of aryl methyl sites for hydroxylation is 2. The zero-order valence-electron chi connectivity index (χ0n) is 18.8. The van der Waals surface area contributed by atoms with Gasteiger partial charge in [-0.15, -0.1) is 0 Å². The molecule has 2 aliphatic heterocycles. The number of nitrogens with one attached hydrogen (secondary N) is 2. The monoisotopic (exact) mass is 454 g/mol. The molecule has 7 nitrogen and oxygen atoms in total. The SMILES string of the molecule is O=C(NCCCc1ccc2c(n1)NCCC2)C1CCN([C@@H](C(=O)OF)c2ccccc2)CC1. The van der Waals surface area contributed by atoms with Crippen LogP contribution in [0.2, 0.25) is 0 Å². The van der Waals surface area contributed by atoms with Gasteiger partial charge in [-0.05, 0) is 55.7 Å². The quantitative estimate of drug-likeness (QED) is 0.595. The van der Waals surface area contributed by atoms with Crippen LogP contribution >= 0.6 is 0 Å². The molecule has 0 bridgehead atoms. The maximum Gasteiger partial charge on any atom is 0.370 e. The van der Waals surface area contributed by atoms with Gasteiger partial charge >= 0.3 is 5.97 Å². The second-order valence-corrected chi connectivity index (χ2v) is 8.75. The summed E-state index contributed by atoms with van der Waals surface area (Å²) in [6.07, 6.45) is 5.10. The van der Waals surface area contributed by atoms with Crippen LogP contribution in [0.1, 0.15) is 48.5 Å². The lowest BCUT2D eigenvalue weighted by Crippen LogP contribution is -2.44. The van der Waals surface area contributed by atoms with E-state index in [2.05, 4.69) is 27.7 Å². The summed E-state index contributed by atoms with van der Waals surface area (Å²) in [5.41, 5.74) is 3.00. The first-order valence-corrected chi connectivity index (χ1v) is 11.8. The number of rotatable bonds is 8. The molecule has 0 radical (unpaired) electrons. The average Bonchev–Trinajstić information content (AvgIpc) is 2.87. The second-order valence-electron chi connectivity index (χ2n) is 8.75. The van der Waals surface area contributed by atoms with Crippen LogP contribution < -0.4 is 10.6 Å². The number of likely N-dealkylation sites (tertiary alicyclic amines) is 1. The highest BCUT2D eigenvalue weighted by molar-refractivity contribution is 5.79. The minimum atomic E-state index is -0.921. The molecule has 1 aromatic carbocycles. The predicted molar refractivity (Wildman–Crippen MR) is 123 cm³/mol. The molecule has 0 spiro atoms. The van der Waals surface area contributed by atoms with E-state index in [0.29, 0.717) is 38.0 Å². The normalized spacial score (nSPS) is 17.5. The smallest absolute Gasteiger partial charge is 0.370 e. The topological polar surface area (TPSA) is 83.6 Å². The number of carbonyl (C=O) groups is 2. The molecule has 2 aliphatic rings. The van der Waals surface area contributed by atoms with Crippen molar-refractivity contribution in [3.05, 3.63) is 59.3 Å². The number of aromatic nitrogens is 1. The largest absolute Gasteiger partial charge is 0.370 e. The Morgan fingerprint density at radius 2 is 1.97 bits per heavy atom. The Kier molecular flexibility index (Phi) is 7.88. The molecule has 2 N–H and O–H groups in total. The van der Waals surface area contributed by atoms with E-state index in [0.717, 1.165) is 43.7 Å². The van der Waals surface area contributed by atoms with Gasteiger partial charge in [-0.1, -0.05) is 36.4 Å². The van der Waals surface area contributed by atoms with Gasteiger partial charge in [0.05, 0.1) is 0 Å². The fraction of sp³-hybridized carbons (Fsp3) is 0.480. The van der Waals surface area contributed by atoms with Gasteiger partial charge in [0.25, 0.3) is 0 Å². The van der Waals surface area contributed by atoms with Crippen LogP contribution in [0.3, 0.4) is 0 Å². The van der Waals surface area contributed by atoms with Crippen molar-refractivity contribution in [2.75, 3.05) is 31.5 Å². The first kappa shape index (κ1) is 23.2. The van der Waals surface area contributed by atoms with Gasteiger partial charge in [0.1, 0.15) is 11.9 Å². The molecule has 0 unspecified atom stereocenters. The van der Waals surface area contributed by atoms with Gasteiger partial charge in [0.2, 0.25) is 5.91 Å². The standard InChI is InChI=1S/C25H31FN4O3/c26-33-25(32)22(18-6-2-1-3-7-18)30-16-12-20(13-17-30)24(31)28-15-5-9-21-11-10-19-8-4-14-27-23(19)29-21/h1-3,6-7,10-11,20,22H,4-5,8-9,12-17H2,(H,27,29)(H,28,31)/t22-/m1/s1. The van der Waals surface area contributed by atoms with E-state index in [1.165, 1.54) is 5.56 Å². The average molecular weight is 455 g/mol. The van der Waals surface area contributed by atoms with Crippen molar-refractivity contribution in [1.29, 1.82) is 0 Å². The molecular weight excluding hydrogens is 423 g/mol. The molecule has 1 atom stereocenters. The summed E-state index contributed by atoms with van der Waals surface area (Å²) in [7, 11) is 0. The van der Waals surface area contributed by atoms with Crippen molar-refractivity contribution < 1.29 is 19.1 Å². The second kappa shape index (κ2) is 11.2. The fourth-order valence-corrected chi connectivity index (χ4v) is 4.73. The predicted octanol–water partition coefficient (Wildman–Crippen LogP) is 3.37. The van der Waals surface area contributed by atoms with Gasteiger partial charge in [0, 0.05) is 42.3 Å². The molecule has 2 aromatic rings. The molecule has 4 rings (SSSR count). The van der Waals surface area contributed by atoms with Crippen molar-refractivity contribution >= 4 is 17.7 Å². The summed E-state index contributed by atoms with van der Waals surface area (Å²) < 4.78 is 12.7. The van der Waals surface area contributed by atoms with Crippen LogP contribution in [0.4, 0.5) is 10.3 Å². The van der Waals surface area contributed by atoms with E-state index in [9.17, 15) is 14.1 Å². The zero-order valence-corrected chi connectivity index (χ0v) is 18.8. The van der Waals surface area contributed by atoms with Gasteiger partial charge in [-0.2, -0.15) is 0 Å². The molecule has 176 valence electrons. The number of anilines is 1. The van der Waals surface area contributed by atoms with Gasteiger partial charge in [0.15, 0.2) is 0 Å². The van der Waals surface area contributed by atoms with Gasteiger partial charge in [-0.3, -0.25) is 14.6 Å². The van der Waals surface area contributed by atoms with Crippen molar-refractivity contribution in [3.8, 4) is 0 Å². The van der Waals surface area contributed by atoms with E-state index >= 15 is 0 Å². The van der Waals surface area contributed by atoms with Crippen LogP contribution in [0, 0.1) is 5.92 Å². The number of hydrogen-bond donors (Lipinski definition) is 2. The highest BCUT2D eigenvalue weighted by atomic mass is 19.3. The van der Waals surface area contributed by atoms with Crippen LogP contribution in [0.15, 0.2) is 42.5 Å². The molecule has 1 fully saturated rings. The lowest BCUT2D eigenvalue weighted by molar-refractivity contribution is -0.191. The minimum Gasteiger partial charge on any atom is -0.370 e. The van der Waals surface area contributed by atoms with Crippen LogP contribution in [0.5, 0.6) is 0 Å². The maximum atomic E-state index is 12.7. The summed E-state index contributed by atoms with van der Waals surface area (Å²) in [6.45, 7) is 2.63. The Morgan fingerprint density at radius 3 is 2.73 bits per heavy atom. The Hall–Kier alpha value is -3.00. The molecule has 1 saturated heterocycles.